The molecule has 2 aromatic heterocycles. The van der Waals surface area contributed by atoms with Gasteiger partial charge in [-0.2, -0.15) is 0 Å². The van der Waals surface area contributed by atoms with Crippen LogP contribution < -0.4 is 9.62 Å². The van der Waals surface area contributed by atoms with Gasteiger partial charge in [0.15, 0.2) is 0 Å². The first kappa shape index (κ1) is 26.7. The fourth-order valence-corrected chi connectivity index (χ4v) is 7.43. The molecule has 3 aromatic rings. The lowest BCUT2D eigenvalue weighted by Gasteiger charge is -2.37. The van der Waals surface area contributed by atoms with Crippen LogP contribution in [0.1, 0.15) is 19.3 Å². The summed E-state index contributed by atoms with van der Waals surface area (Å²) in [6, 6.07) is 9.61. The van der Waals surface area contributed by atoms with E-state index in [0.29, 0.717) is 45.0 Å². The lowest BCUT2D eigenvalue weighted by molar-refractivity contribution is -0.128. The van der Waals surface area contributed by atoms with E-state index in [4.69, 9.17) is 4.74 Å². The van der Waals surface area contributed by atoms with Crippen molar-refractivity contribution in [2.24, 2.45) is 0 Å². The largest absolute Gasteiger partial charge is 0.378 e. The second kappa shape index (κ2) is 11.2. The second-order valence-corrected chi connectivity index (χ2v) is 12.6. The maximum atomic E-state index is 13.3. The third-order valence-electron chi connectivity index (χ3n) is 8.19. The molecule has 0 spiro atoms. The Hall–Kier alpha value is -3.48. The fourth-order valence-electron chi connectivity index (χ4n) is 6.00. The highest BCUT2D eigenvalue weighted by molar-refractivity contribution is 7.93. The molecule has 11 nitrogen and oxygen atoms in total. The summed E-state index contributed by atoms with van der Waals surface area (Å²) in [7, 11) is -3.57. The van der Waals surface area contributed by atoms with Crippen molar-refractivity contribution >= 4 is 38.5 Å². The lowest BCUT2D eigenvalue weighted by atomic mass is 10.0. The van der Waals surface area contributed by atoms with E-state index < -0.39 is 15.3 Å². The topological polar surface area (TPSA) is 124 Å². The Kier molecular flexibility index (Phi) is 7.47. The number of H-pyrrole nitrogens is 1. The van der Waals surface area contributed by atoms with Crippen molar-refractivity contribution in [2.45, 2.75) is 30.6 Å². The zero-order chi connectivity index (χ0) is 27.7. The highest BCUT2D eigenvalue weighted by Gasteiger charge is 2.37. The first-order chi connectivity index (χ1) is 19.4. The number of morpholine rings is 1. The van der Waals surface area contributed by atoms with Crippen molar-refractivity contribution in [3.8, 4) is 11.3 Å². The van der Waals surface area contributed by atoms with Crippen LogP contribution in [-0.2, 0) is 19.6 Å². The second-order valence-electron chi connectivity index (χ2n) is 10.7. The number of piperidine rings is 1. The van der Waals surface area contributed by atoms with Crippen LogP contribution in [0.3, 0.4) is 0 Å². The highest BCUT2D eigenvalue weighted by Crippen LogP contribution is 2.30. The number of sulfonamides is 1. The number of aromatic amines is 1. The van der Waals surface area contributed by atoms with Crippen LogP contribution in [-0.4, -0.2) is 103 Å². The van der Waals surface area contributed by atoms with Crippen molar-refractivity contribution in [1.82, 2.24) is 24.8 Å². The number of likely N-dealkylation sites (tertiary alicyclic amines) is 2. The molecule has 5 heterocycles. The van der Waals surface area contributed by atoms with Gasteiger partial charge in [0.1, 0.15) is 17.8 Å². The SMILES string of the molecule is C=CC(=O)N1CCCC(N2CCC(S(=O)(=O)Nc3ccc(-c4cc5c(N6CCOCC6)ncnc5[nH]4)cc3)C2)C1. The number of amides is 1. The number of fused-ring (bicyclic) bond motifs is 1. The van der Waals surface area contributed by atoms with Gasteiger partial charge >= 0.3 is 0 Å². The van der Waals surface area contributed by atoms with Gasteiger partial charge in [-0.15, -0.1) is 0 Å². The average Bonchev–Trinajstić information content (AvgIpc) is 3.66. The van der Waals surface area contributed by atoms with E-state index in [2.05, 4.69) is 36.1 Å². The first-order valence-electron chi connectivity index (χ1n) is 13.8. The minimum atomic E-state index is -3.57. The Balaban J connectivity index is 1.11. The highest BCUT2D eigenvalue weighted by atomic mass is 32.2. The molecule has 0 radical (unpaired) electrons. The number of ether oxygens (including phenoxy) is 1. The van der Waals surface area contributed by atoms with E-state index >= 15 is 0 Å². The normalized spacial score (nSPS) is 22.5. The quantitative estimate of drug-likeness (QED) is 0.419. The number of aromatic nitrogens is 3. The Bertz CT molecular complexity index is 1480. The van der Waals surface area contributed by atoms with E-state index in [0.717, 1.165) is 60.6 Å². The van der Waals surface area contributed by atoms with Gasteiger partial charge in [0, 0.05) is 50.1 Å². The molecular weight excluding hydrogens is 530 g/mol. The first-order valence-corrected chi connectivity index (χ1v) is 15.4. The number of nitrogens with one attached hydrogen (secondary N) is 2. The molecule has 2 N–H and O–H groups in total. The van der Waals surface area contributed by atoms with E-state index in [1.165, 1.54) is 6.08 Å². The van der Waals surface area contributed by atoms with Gasteiger partial charge in [0.25, 0.3) is 0 Å². The van der Waals surface area contributed by atoms with Crippen molar-refractivity contribution in [2.75, 3.05) is 62.1 Å². The van der Waals surface area contributed by atoms with Gasteiger partial charge < -0.3 is 19.5 Å². The fraction of sp³-hybridized carbons (Fsp3) is 0.464. The van der Waals surface area contributed by atoms with Gasteiger partial charge in [-0.05, 0) is 55.6 Å². The van der Waals surface area contributed by atoms with Crippen LogP contribution in [0.4, 0.5) is 11.5 Å². The van der Waals surface area contributed by atoms with Gasteiger partial charge in [-0.1, -0.05) is 18.7 Å². The van der Waals surface area contributed by atoms with E-state index in [1.807, 2.05) is 23.1 Å². The van der Waals surface area contributed by atoms with Crippen LogP contribution >= 0.6 is 0 Å². The van der Waals surface area contributed by atoms with Gasteiger partial charge in [0.2, 0.25) is 15.9 Å². The van der Waals surface area contributed by atoms with Crippen LogP contribution in [0.15, 0.2) is 49.3 Å². The molecule has 2 unspecified atom stereocenters. The number of rotatable bonds is 7. The average molecular weight is 566 g/mol. The molecule has 0 aliphatic carbocycles. The molecule has 3 aliphatic rings. The van der Waals surface area contributed by atoms with Gasteiger partial charge in [-0.25, -0.2) is 18.4 Å². The summed E-state index contributed by atoms with van der Waals surface area (Å²) < 4.78 is 34.8. The zero-order valence-electron chi connectivity index (χ0n) is 22.5. The molecule has 3 saturated heterocycles. The number of carbonyl (C=O) groups is 1. The number of benzene rings is 1. The summed E-state index contributed by atoms with van der Waals surface area (Å²) >= 11 is 0. The molecule has 3 fully saturated rings. The monoisotopic (exact) mass is 565 g/mol. The molecule has 12 heteroatoms. The standard InChI is InChI=1S/C28H35N7O4S/c1-2-26(36)35-10-3-4-22(17-35)34-11-9-23(18-34)40(37,38)32-21-7-5-20(6-8-21)25-16-24-27(31-25)29-19-30-28(24)33-12-14-39-15-13-33/h2,5-8,16,19,22-23,32H,1,3-4,9-15,17-18H2,(H,29,30,31). The Labute approximate surface area is 234 Å². The molecule has 40 heavy (non-hydrogen) atoms. The summed E-state index contributed by atoms with van der Waals surface area (Å²) in [5, 5.41) is 0.452. The maximum Gasteiger partial charge on any atom is 0.246 e. The summed E-state index contributed by atoms with van der Waals surface area (Å²) in [6.07, 6.45) is 5.38. The lowest BCUT2D eigenvalue weighted by Crippen LogP contribution is -2.49. The van der Waals surface area contributed by atoms with Crippen LogP contribution in [0.25, 0.3) is 22.3 Å². The number of nitrogens with zero attached hydrogens (tertiary/aromatic N) is 5. The van der Waals surface area contributed by atoms with E-state index in [9.17, 15) is 13.2 Å². The summed E-state index contributed by atoms with van der Waals surface area (Å²) in [5.74, 6) is 0.829. The number of anilines is 2. The van der Waals surface area contributed by atoms with E-state index in [-0.39, 0.29) is 11.9 Å². The minimum Gasteiger partial charge on any atom is -0.378 e. The molecule has 0 saturated carbocycles. The predicted octanol–water partition coefficient (Wildman–Crippen LogP) is 2.45. The third-order valence-corrected chi connectivity index (χ3v) is 9.97. The zero-order valence-corrected chi connectivity index (χ0v) is 23.3. The summed E-state index contributed by atoms with van der Waals surface area (Å²) in [4.78, 5) is 30.6. The third kappa shape index (κ3) is 5.43. The number of hydrogen-bond acceptors (Lipinski definition) is 8. The maximum absolute atomic E-state index is 13.3. The molecule has 1 aromatic carbocycles. The Morgan fingerprint density at radius 3 is 2.65 bits per heavy atom. The van der Waals surface area contributed by atoms with E-state index in [1.54, 1.807) is 18.5 Å². The van der Waals surface area contributed by atoms with Gasteiger partial charge in [-0.3, -0.25) is 14.4 Å². The smallest absolute Gasteiger partial charge is 0.246 e. The number of hydrogen-bond donors (Lipinski definition) is 2. The summed E-state index contributed by atoms with van der Waals surface area (Å²) in [5.41, 5.74) is 3.11. The predicted molar refractivity (Wildman–Crippen MR) is 155 cm³/mol. The molecule has 212 valence electrons. The van der Waals surface area contributed by atoms with Crippen molar-refractivity contribution in [3.63, 3.8) is 0 Å². The Morgan fingerprint density at radius 1 is 1.07 bits per heavy atom. The molecule has 6 rings (SSSR count). The van der Waals surface area contributed by atoms with Crippen LogP contribution in [0.5, 0.6) is 0 Å². The number of carbonyl (C=O) groups excluding carboxylic acids is 1. The van der Waals surface area contributed by atoms with Crippen LogP contribution in [0, 0.1) is 0 Å². The molecule has 0 bridgehead atoms. The van der Waals surface area contributed by atoms with Crippen molar-refractivity contribution in [3.05, 3.63) is 49.3 Å². The Morgan fingerprint density at radius 2 is 1.88 bits per heavy atom. The van der Waals surface area contributed by atoms with Crippen molar-refractivity contribution < 1.29 is 17.9 Å². The molecule has 1 amide bonds. The summed E-state index contributed by atoms with van der Waals surface area (Å²) in [6.45, 7) is 9.05. The molecule has 3 aliphatic heterocycles. The minimum absolute atomic E-state index is 0.0592. The molecular formula is C28H35N7O4S. The van der Waals surface area contributed by atoms with Crippen LogP contribution in [0.2, 0.25) is 0 Å². The van der Waals surface area contributed by atoms with Crippen molar-refractivity contribution in [1.29, 1.82) is 0 Å². The molecule has 2 atom stereocenters. The van der Waals surface area contributed by atoms with Gasteiger partial charge in [0.05, 0.1) is 23.8 Å².